The highest BCUT2D eigenvalue weighted by molar-refractivity contribution is 6.34. The van der Waals surface area contributed by atoms with E-state index in [9.17, 15) is 27.6 Å². The Morgan fingerprint density at radius 2 is 1.62 bits per heavy atom. The zero-order valence-corrected chi connectivity index (χ0v) is 30.1. The normalized spacial score (nSPS) is 21.9. The van der Waals surface area contributed by atoms with Crippen molar-refractivity contribution in [2.45, 2.75) is 70.0 Å². The number of fused-ring (bicyclic) bond motifs is 1. The van der Waals surface area contributed by atoms with Crippen LogP contribution in [0.5, 0.6) is 0 Å². The van der Waals surface area contributed by atoms with Gasteiger partial charge in [-0.1, -0.05) is 41.9 Å². The molecule has 52 heavy (non-hydrogen) atoms. The molecule has 6 rings (SSSR count). The van der Waals surface area contributed by atoms with E-state index < -0.39 is 24.5 Å². The molecule has 0 radical (unpaired) electrons. The maximum absolute atomic E-state index is 14.8. The number of anilines is 1. The van der Waals surface area contributed by atoms with Gasteiger partial charge in [-0.05, 0) is 74.6 Å². The molecular formula is C38H45ClF3N5O5. The lowest BCUT2D eigenvalue weighted by Crippen LogP contribution is -2.71. The molecule has 2 aliphatic heterocycles. The monoisotopic (exact) mass is 743 g/mol. The van der Waals surface area contributed by atoms with Crippen LogP contribution in [0.15, 0.2) is 54.7 Å². The quantitative estimate of drug-likeness (QED) is 0.214. The number of esters is 1. The topological polar surface area (TPSA) is 104 Å². The number of carbonyl (C=O) groups excluding carboxylic acids is 3. The fourth-order valence-electron chi connectivity index (χ4n) is 7.71. The molecule has 1 atom stereocenters. The first-order valence-corrected chi connectivity index (χ1v) is 18.4. The molecule has 0 spiro atoms. The third-order valence-electron chi connectivity index (χ3n) is 10.3. The van der Waals surface area contributed by atoms with Crippen molar-refractivity contribution in [3.05, 3.63) is 71.0 Å². The van der Waals surface area contributed by atoms with E-state index in [1.54, 1.807) is 31.3 Å². The van der Waals surface area contributed by atoms with E-state index >= 15 is 0 Å². The minimum absolute atomic E-state index is 0.0593. The summed E-state index contributed by atoms with van der Waals surface area (Å²) in [5.74, 6) is -2.64. The van der Waals surface area contributed by atoms with Crippen LogP contribution >= 0.6 is 11.6 Å². The fraction of sp³-hybridized carbons (Fsp3) is 0.526. The van der Waals surface area contributed by atoms with Crippen LogP contribution in [0.4, 0.5) is 18.9 Å². The third kappa shape index (κ3) is 8.77. The van der Waals surface area contributed by atoms with Crippen molar-refractivity contribution in [1.29, 1.82) is 0 Å². The third-order valence-corrected chi connectivity index (χ3v) is 10.6. The van der Waals surface area contributed by atoms with E-state index in [-0.39, 0.29) is 67.1 Å². The van der Waals surface area contributed by atoms with Gasteiger partial charge in [-0.3, -0.25) is 34.1 Å². The number of nitrogens with one attached hydrogen (secondary N) is 1. The first-order chi connectivity index (χ1) is 25.0. The number of aromatic nitrogens is 1. The van der Waals surface area contributed by atoms with Crippen LogP contribution in [0.2, 0.25) is 5.02 Å². The maximum atomic E-state index is 14.8. The number of ether oxygens (including phenoxy) is 2. The van der Waals surface area contributed by atoms with Crippen molar-refractivity contribution < 1.29 is 37.0 Å². The van der Waals surface area contributed by atoms with E-state index in [0.29, 0.717) is 62.0 Å². The van der Waals surface area contributed by atoms with Crippen LogP contribution in [0, 0.1) is 5.92 Å². The molecule has 10 nitrogen and oxygen atoms in total. The van der Waals surface area contributed by atoms with Crippen LogP contribution in [0.1, 0.15) is 61.5 Å². The molecule has 3 heterocycles. The molecule has 1 aliphatic carbocycles. The Labute approximate surface area is 306 Å². The van der Waals surface area contributed by atoms with Crippen molar-refractivity contribution in [3.63, 3.8) is 0 Å². The van der Waals surface area contributed by atoms with Crippen LogP contribution in [-0.4, -0.2) is 108 Å². The van der Waals surface area contributed by atoms with Gasteiger partial charge in [0, 0.05) is 57.3 Å². The van der Waals surface area contributed by atoms with E-state index in [2.05, 4.69) is 10.3 Å². The molecule has 0 bridgehead atoms. The number of rotatable bonds is 12. The molecule has 2 aromatic carbocycles. The number of carbonyl (C=O) groups is 3. The number of nitrogens with zero attached hydrogens (tertiary/aromatic N) is 4. The lowest BCUT2D eigenvalue weighted by Gasteiger charge is -2.52. The molecule has 1 saturated carbocycles. The number of benzene rings is 2. The SMILES string of the molecule is CCOC(=O)C1CCC(OC(C(=O)Cc2ccc(NC(=O)c3nccc4ccccc34)c(Cl)c2)(N2CCCC2)N2CCN(CC(F)(F)F)CC2)CC1. The van der Waals surface area contributed by atoms with Crippen molar-refractivity contribution >= 4 is 45.7 Å². The first kappa shape index (κ1) is 38.1. The number of Topliss-reactive ketones (excluding diaryl/α,β-unsaturated/α-hetero) is 1. The summed E-state index contributed by atoms with van der Waals surface area (Å²) < 4.78 is 52.1. The number of likely N-dealkylation sites (tertiary alicyclic amines) is 1. The smallest absolute Gasteiger partial charge is 0.401 e. The zero-order valence-electron chi connectivity index (χ0n) is 29.3. The van der Waals surface area contributed by atoms with E-state index in [4.69, 9.17) is 21.1 Å². The van der Waals surface area contributed by atoms with Crippen molar-refractivity contribution in [3.8, 4) is 0 Å². The average molecular weight is 744 g/mol. The van der Waals surface area contributed by atoms with E-state index in [1.165, 1.54) is 4.90 Å². The number of piperazine rings is 1. The zero-order chi connectivity index (χ0) is 36.9. The second-order valence-corrected chi connectivity index (χ2v) is 14.2. The predicted molar refractivity (Wildman–Crippen MR) is 191 cm³/mol. The van der Waals surface area contributed by atoms with Gasteiger partial charge < -0.3 is 14.8 Å². The Bertz CT molecular complexity index is 1730. The lowest BCUT2D eigenvalue weighted by atomic mass is 9.87. The van der Waals surface area contributed by atoms with Gasteiger partial charge in [0.2, 0.25) is 5.85 Å². The van der Waals surface area contributed by atoms with Gasteiger partial charge in [-0.15, -0.1) is 0 Å². The summed E-state index contributed by atoms with van der Waals surface area (Å²) in [6.07, 6.45) is 0.774. The summed E-state index contributed by atoms with van der Waals surface area (Å²) in [5, 5.41) is 4.66. The van der Waals surface area contributed by atoms with Crippen LogP contribution in [0.3, 0.4) is 0 Å². The van der Waals surface area contributed by atoms with Gasteiger partial charge in [0.25, 0.3) is 5.91 Å². The Hall–Kier alpha value is -3.62. The molecule has 3 aromatic rings. The number of pyridine rings is 1. The van der Waals surface area contributed by atoms with Gasteiger partial charge in [-0.25, -0.2) is 0 Å². The predicted octanol–water partition coefficient (Wildman–Crippen LogP) is 6.32. The summed E-state index contributed by atoms with van der Waals surface area (Å²) in [6.45, 7) is 2.96. The molecule has 3 fully saturated rings. The number of ketones is 1. The standard InChI is InChI=1S/C38H45ClF3N5O5/c1-2-51-36(50)28-10-12-29(13-11-28)52-38(46-17-5-6-18-46,47-21-19-45(20-22-47)25-37(40,41)42)33(48)24-26-9-14-32(31(39)23-26)44-35(49)34-30-8-4-3-7-27(30)15-16-43-34/h3-4,7-9,14-16,23,28-29H,2,5-6,10-13,17-22,24-25H2,1H3,(H,44,49). The summed E-state index contributed by atoms with van der Waals surface area (Å²) in [7, 11) is 0. The molecule has 1 amide bonds. The molecule has 1 unspecified atom stereocenters. The number of hydrogen-bond donors (Lipinski definition) is 1. The van der Waals surface area contributed by atoms with Crippen LogP contribution < -0.4 is 5.32 Å². The molecule has 1 aromatic heterocycles. The lowest BCUT2D eigenvalue weighted by molar-refractivity contribution is -0.262. The Morgan fingerprint density at radius 3 is 2.29 bits per heavy atom. The van der Waals surface area contributed by atoms with Crippen molar-refractivity contribution in [1.82, 2.24) is 19.7 Å². The maximum Gasteiger partial charge on any atom is 0.401 e. The molecule has 3 aliphatic rings. The molecule has 14 heteroatoms. The van der Waals surface area contributed by atoms with E-state index in [1.807, 2.05) is 40.1 Å². The van der Waals surface area contributed by atoms with Gasteiger partial charge in [0.15, 0.2) is 5.78 Å². The van der Waals surface area contributed by atoms with Crippen LogP contribution in [-0.2, 0) is 25.5 Å². The minimum atomic E-state index is -4.33. The largest absolute Gasteiger partial charge is 0.466 e. The molecule has 2 saturated heterocycles. The number of alkyl halides is 3. The Balaban J connectivity index is 1.24. The van der Waals surface area contributed by atoms with Gasteiger partial charge >= 0.3 is 12.1 Å². The number of amides is 1. The minimum Gasteiger partial charge on any atom is -0.466 e. The second kappa shape index (κ2) is 16.6. The highest BCUT2D eigenvalue weighted by atomic mass is 35.5. The van der Waals surface area contributed by atoms with Crippen molar-refractivity contribution in [2.24, 2.45) is 5.92 Å². The second-order valence-electron chi connectivity index (χ2n) is 13.8. The number of hydrogen-bond acceptors (Lipinski definition) is 9. The Kier molecular flexibility index (Phi) is 12.2. The summed E-state index contributed by atoms with van der Waals surface area (Å²) in [6, 6.07) is 14.3. The summed E-state index contributed by atoms with van der Waals surface area (Å²) in [4.78, 5) is 50.2. The van der Waals surface area contributed by atoms with Gasteiger partial charge in [0.05, 0.1) is 35.9 Å². The van der Waals surface area contributed by atoms with Gasteiger partial charge in [-0.2, -0.15) is 13.2 Å². The first-order valence-electron chi connectivity index (χ1n) is 18.1. The molecular weight excluding hydrogens is 699 g/mol. The average Bonchev–Trinajstić information content (AvgIpc) is 3.67. The Morgan fingerprint density at radius 1 is 0.923 bits per heavy atom. The number of halogens is 4. The molecule has 280 valence electrons. The van der Waals surface area contributed by atoms with Gasteiger partial charge in [0.1, 0.15) is 5.69 Å². The molecule has 1 N–H and O–H groups in total. The highest BCUT2D eigenvalue weighted by Gasteiger charge is 2.53. The fourth-order valence-corrected chi connectivity index (χ4v) is 7.96. The van der Waals surface area contributed by atoms with E-state index in [0.717, 1.165) is 18.2 Å². The summed E-state index contributed by atoms with van der Waals surface area (Å²) in [5.41, 5.74) is 1.22. The van der Waals surface area contributed by atoms with Crippen molar-refractivity contribution in [2.75, 3.05) is 57.7 Å². The highest BCUT2D eigenvalue weighted by Crippen LogP contribution is 2.37. The van der Waals surface area contributed by atoms with Crippen LogP contribution in [0.25, 0.3) is 10.8 Å². The summed E-state index contributed by atoms with van der Waals surface area (Å²) >= 11 is 6.71.